The van der Waals surface area contributed by atoms with Gasteiger partial charge in [0.2, 0.25) is 0 Å². The molecular weight excluding hydrogens is 218 g/mol. The fraction of sp³-hybridized carbons (Fsp3) is 0.462. The van der Waals surface area contributed by atoms with Crippen molar-refractivity contribution in [3.05, 3.63) is 29.3 Å². The van der Waals surface area contributed by atoms with Gasteiger partial charge in [-0.2, -0.15) is 0 Å². The summed E-state index contributed by atoms with van der Waals surface area (Å²) >= 11 is 0. The third-order valence-electron chi connectivity index (χ3n) is 2.71. The highest BCUT2D eigenvalue weighted by Crippen LogP contribution is 2.21. The quantitative estimate of drug-likeness (QED) is 0.840. The number of methoxy groups -OCH3 is 1. The molecule has 0 spiro atoms. The molecule has 94 valence electrons. The highest BCUT2D eigenvalue weighted by atomic mass is 16.5. The van der Waals surface area contributed by atoms with Crippen molar-refractivity contribution in [2.45, 2.75) is 26.4 Å². The van der Waals surface area contributed by atoms with Gasteiger partial charge in [-0.3, -0.25) is 4.79 Å². The maximum atomic E-state index is 11.9. The number of phenolic OH excluding ortho intramolecular Hbond substituents is 1. The first-order valence-electron chi connectivity index (χ1n) is 5.49. The molecule has 0 atom stereocenters. The number of carbonyl (C=O) groups excluding carboxylic acids is 1. The maximum Gasteiger partial charge on any atom is 0.255 e. The van der Waals surface area contributed by atoms with Crippen LogP contribution in [-0.2, 0) is 4.74 Å². The Kier molecular flexibility index (Phi) is 4.12. The van der Waals surface area contributed by atoms with Crippen LogP contribution < -0.4 is 5.32 Å². The summed E-state index contributed by atoms with van der Waals surface area (Å²) in [7, 11) is 1.59. The predicted molar refractivity (Wildman–Crippen MR) is 66.3 cm³/mol. The molecule has 0 aliphatic carbocycles. The smallest absolute Gasteiger partial charge is 0.255 e. The molecule has 0 radical (unpaired) electrons. The Morgan fingerprint density at radius 1 is 1.47 bits per heavy atom. The van der Waals surface area contributed by atoms with Gasteiger partial charge in [0.05, 0.1) is 11.2 Å². The van der Waals surface area contributed by atoms with Crippen molar-refractivity contribution >= 4 is 5.91 Å². The molecule has 1 rings (SSSR count). The number of aromatic hydroxyl groups is 1. The summed E-state index contributed by atoms with van der Waals surface area (Å²) in [4.78, 5) is 11.9. The van der Waals surface area contributed by atoms with Crippen molar-refractivity contribution < 1.29 is 14.6 Å². The number of amides is 1. The standard InChI is InChI=1S/C13H19NO3/c1-9-6-5-7-10(11(9)15)12(16)14-8-13(2,3)17-4/h5-7,15H,8H2,1-4H3,(H,14,16). The molecule has 0 aromatic heterocycles. The second-order valence-corrected chi connectivity index (χ2v) is 4.62. The van der Waals surface area contributed by atoms with Gasteiger partial charge < -0.3 is 15.2 Å². The predicted octanol–water partition coefficient (Wildman–Crippen LogP) is 1.86. The third kappa shape index (κ3) is 3.46. The van der Waals surface area contributed by atoms with Crippen molar-refractivity contribution in [3.63, 3.8) is 0 Å². The average molecular weight is 237 g/mol. The number of rotatable bonds is 4. The summed E-state index contributed by atoms with van der Waals surface area (Å²) in [5.41, 5.74) is 0.551. The second-order valence-electron chi connectivity index (χ2n) is 4.62. The Morgan fingerprint density at radius 3 is 2.71 bits per heavy atom. The molecule has 0 bridgehead atoms. The molecule has 4 heteroatoms. The Hall–Kier alpha value is -1.55. The van der Waals surface area contributed by atoms with E-state index in [1.54, 1.807) is 32.2 Å². The zero-order chi connectivity index (χ0) is 13.1. The van der Waals surface area contributed by atoms with Crippen LogP contribution in [0.2, 0.25) is 0 Å². The molecule has 0 unspecified atom stereocenters. The highest BCUT2D eigenvalue weighted by molar-refractivity contribution is 5.97. The topological polar surface area (TPSA) is 58.6 Å². The van der Waals surface area contributed by atoms with E-state index in [4.69, 9.17) is 4.74 Å². The molecule has 0 saturated carbocycles. The van der Waals surface area contributed by atoms with E-state index in [1.807, 2.05) is 13.8 Å². The normalized spacial score (nSPS) is 11.3. The molecule has 2 N–H and O–H groups in total. The number of carbonyl (C=O) groups is 1. The molecule has 17 heavy (non-hydrogen) atoms. The van der Waals surface area contributed by atoms with Crippen LogP contribution in [0, 0.1) is 6.92 Å². The fourth-order valence-electron chi connectivity index (χ4n) is 1.30. The summed E-state index contributed by atoms with van der Waals surface area (Å²) in [5.74, 6) is -0.267. The van der Waals surface area contributed by atoms with Crippen molar-refractivity contribution in [1.29, 1.82) is 0 Å². The number of benzene rings is 1. The lowest BCUT2D eigenvalue weighted by Gasteiger charge is -2.23. The van der Waals surface area contributed by atoms with Gasteiger partial charge in [-0.05, 0) is 32.4 Å². The first-order valence-corrected chi connectivity index (χ1v) is 5.49. The Morgan fingerprint density at radius 2 is 2.12 bits per heavy atom. The van der Waals surface area contributed by atoms with E-state index in [-0.39, 0.29) is 17.2 Å². The summed E-state index contributed by atoms with van der Waals surface area (Å²) in [5, 5.41) is 12.5. The average Bonchev–Trinajstić information content (AvgIpc) is 2.30. The van der Waals surface area contributed by atoms with E-state index in [2.05, 4.69) is 5.32 Å². The second kappa shape index (κ2) is 5.19. The molecule has 0 aliphatic rings. The van der Waals surface area contributed by atoms with E-state index >= 15 is 0 Å². The minimum Gasteiger partial charge on any atom is -0.507 e. The third-order valence-corrected chi connectivity index (χ3v) is 2.71. The number of hydrogen-bond donors (Lipinski definition) is 2. The van der Waals surface area contributed by atoms with Crippen molar-refractivity contribution in [2.24, 2.45) is 0 Å². The first-order chi connectivity index (χ1) is 7.87. The minimum absolute atomic E-state index is 0.0280. The number of ether oxygens (including phenoxy) is 1. The van der Waals surface area contributed by atoms with E-state index in [0.29, 0.717) is 12.1 Å². The fourth-order valence-corrected chi connectivity index (χ4v) is 1.30. The van der Waals surface area contributed by atoms with Crippen LogP contribution >= 0.6 is 0 Å². The number of para-hydroxylation sites is 1. The molecule has 1 amide bonds. The van der Waals surface area contributed by atoms with Crippen LogP contribution in [0.15, 0.2) is 18.2 Å². The molecule has 4 nitrogen and oxygen atoms in total. The van der Waals surface area contributed by atoms with Crippen molar-refractivity contribution in [2.75, 3.05) is 13.7 Å². The zero-order valence-electron chi connectivity index (χ0n) is 10.7. The summed E-state index contributed by atoms with van der Waals surface area (Å²) in [6.07, 6.45) is 0. The molecule has 0 heterocycles. The van der Waals surface area contributed by atoms with Gasteiger partial charge in [-0.1, -0.05) is 12.1 Å². The molecular formula is C13H19NO3. The minimum atomic E-state index is -0.422. The van der Waals surface area contributed by atoms with Crippen LogP contribution in [-0.4, -0.2) is 30.3 Å². The van der Waals surface area contributed by atoms with Crippen LogP contribution in [0.5, 0.6) is 5.75 Å². The lowest BCUT2D eigenvalue weighted by Crippen LogP contribution is -2.39. The van der Waals surface area contributed by atoms with Crippen molar-refractivity contribution in [1.82, 2.24) is 5.32 Å². The van der Waals surface area contributed by atoms with Gasteiger partial charge in [0.25, 0.3) is 5.91 Å². The lowest BCUT2D eigenvalue weighted by atomic mass is 10.1. The summed E-state index contributed by atoms with van der Waals surface area (Å²) in [6, 6.07) is 5.09. The van der Waals surface area contributed by atoms with Crippen molar-refractivity contribution in [3.8, 4) is 5.75 Å². The molecule has 1 aromatic rings. The van der Waals surface area contributed by atoms with E-state index < -0.39 is 5.60 Å². The highest BCUT2D eigenvalue weighted by Gasteiger charge is 2.19. The van der Waals surface area contributed by atoms with Gasteiger partial charge in [-0.15, -0.1) is 0 Å². The Bertz CT molecular complexity index is 413. The molecule has 0 aliphatic heterocycles. The van der Waals surface area contributed by atoms with Gasteiger partial charge in [0.15, 0.2) is 0 Å². The van der Waals surface area contributed by atoms with E-state index in [0.717, 1.165) is 0 Å². The molecule has 0 fully saturated rings. The monoisotopic (exact) mass is 237 g/mol. The van der Waals surface area contributed by atoms with Gasteiger partial charge >= 0.3 is 0 Å². The number of nitrogens with one attached hydrogen (secondary N) is 1. The van der Waals surface area contributed by atoms with E-state index in [9.17, 15) is 9.90 Å². The SMILES string of the molecule is COC(C)(C)CNC(=O)c1cccc(C)c1O. The number of phenols is 1. The number of hydrogen-bond acceptors (Lipinski definition) is 3. The number of aryl methyl sites for hydroxylation is 1. The largest absolute Gasteiger partial charge is 0.507 e. The summed E-state index contributed by atoms with van der Waals surface area (Å²) in [6.45, 7) is 5.90. The molecule has 1 aromatic carbocycles. The van der Waals surface area contributed by atoms with Gasteiger partial charge in [0, 0.05) is 13.7 Å². The van der Waals surface area contributed by atoms with Crippen LogP contribution in [0.4, 0.5) is 0 Å². The summed E-state index contributed by atoms with van der Waals surface area (Å²) < 4.78 is 5.20. The van der Waals surface area contributed by atoms with Crippen LogP contribution in [0.25, 0.3) is 0 Å². The Labute approximate surface area is 102 Å². The van der Waals surface area contributed by atoms with Gasteiger partial charge in [0.1, 0.15) is 5.75 Å². The van der Waals surface area contributed by atoms with Crippen LogP contribution in [0.3, 0.4) is 0 Å². The zero-order valence-corrected chi connectivity index (χ0v) is 10.7. The Balaban J connectivity index is 2.74. The molecule has 0 saturated heterocycles. The first kappa shape index (κ1) is 13.5. The lowest BCUT2D eigenvalue weighted by molar-refractivity contribution is 0.0228. The van der Waals surface area contributed by atoms with E-state index in [1.165, 1.54) is 0 Å². The maximum absolute atomic E-state index is 11.9. The van der Waals surface area contributed by atoms with Gasteiger partial charge in [-0.25, -0.2) is 0 Å². The van der Waals surface area contributed by atoms with Crippen LogP contribution in [0.1, 0.15) is 29.8 Å².